The van der Waals surface area contributed by atoms with Crippen LogP contribution in [-0.2, 0) is 7.05 Å². The number of aromatic nitrogens is 2. The van der Waals surface area contributed by atoms with Crippen molar-refractivity contribution in [2.24, 2.45) is 7.05 Å². The van der Waals surface area contributed by atoms with E-state index < -0.39 is 0 Å². The second kappa shape index (κ2) is 4.57. The van der Waals surface area contributed by atoms with Gasteiger partial charge in [0.05, 0.1) is 16.1 Å². The van der Waals surface area contributed by atoms with Crippen LogP contribution >= 0.6 is 22.9 Å². The predicted octanol–water partition coefficient (Wildman–Crippen LogP) is 2.75. The quantitative estimate of drug-likeness (QED) is 0.914. The molecular weight excluding hydrogens is 242 g/mol. The molecule has 0 spiro atoms. The van der Waals surface area contributed by atoms with E-state index in [2.05, 4.69) is 16.5 Å². The lowest BCUT2D eigenvalue weighted by molar-refractivity contribution is 0.698. The highest BCUT2D eigenvalue weighted by atomic mass is 35.5. The van der Waals surface area contributed by atoms with Crippen LogP contribution in [0.4, 0.5) is 0 Å². The van der Waals surface area contributed by atoms with E-state index in [4.69, 9.17) is 11.6 Å². The van der Waals surface area contributed by atoms with Crippen LogP contribution in [0.2, 0.25) is 4.34 Å². The Morgan fingerprint density at radius 3 is 2.69 bits per heavy atom. The minimum Gasteiger partial charge on any atom is -0.309 e. The van der Waals surface area contributed by atoms with Gasteiger partial charge >= 0.3 is 0 Å². The summed E-state index contributed by atoms with van der Waals surface area (Å²) in [7, 11) is 3.88. The fourth-order valence-corrected chi connectivity index (χ4v) is 3.03. The summed E-state index contributed by atoms with van der Waals surface area (Å²) in [5, 5.41) is 7.66. The maximum atomic E-state index is 5.96. The number of halogens is 1. The molecule has 1 unspecified atom stereocenters. The predicted molar refractivity (Wildman–Crippen MR) is 68.2 cm³/mol. The molecule has 0 saturated carbocycles. The molecule has 2 aromatic rings. The lowest BCUT2D eigenvalue weighted by Crippen LogP contribution is -2.16. The summed E-state index contributed by atoms with van der Waals surface area (Å²) in [6.45, 7) is 2.02. The molecule has 3 nitrogen and oxygen atoms in total. The fraction of sp³-hybridized carbons (Fsp3) is 0.364. The number of thiophene rings is 1. The molecule has 2 rings (SSSR count). The van der Waals surface area contributed by atoms with Gasteiger partial charge < -0.3 is 5.32 Å². The van der Waals surface area contributed by atoms with Gasteiger partial charge in [-0.1, -0.05) is 11.6 Å². The molecule has 1 atom stereocenters. The minimum absolute atomic E-state index is 0.172. The summed E-state index contributed by atoms with van der Waals surface area (Å²) in [6.07, 6.45) is 2.05. The Labute approximate surface area is 104 Å². The zero-order valence-electron chi connectivity index (χ0n) is 9.49. The van der Waals surface area contributed by atoms with E-state index in [0.29, 0.717) is 0 Å². The molecule has 0 aliphatic rings. The number of hydrogen-bond acceptors (Lipinski definition) is 3. The Morgan fingerprint density at radius 2 is 2.25 bits per heavy atom. The van der Waals surface area contributed by atoms with E-state index >= 15 is 0 Å². The minimum atomic E-state index is 0.172. The smallest absolute Gasteiger partial charge is 0.0931 e. The summed E-state index contributed by atoms with van der Waals surface area (Å²) in [6, 6.07) is 4.16. The molecule has 2 aromatic heterocycles. The van der Waals surface area contributed by atoms with Crippen molar-refractivity contribution in [1.29, 1.82) is 0 Å². The summed E-state index contributed by atoms with van der Waals surface area (Å²) in [5.74, 6) is 0. The Bertz CT molecular complexity index is 489. The Morgan fingerprint density at radius 1 is 1.50 bits per heavy atom. The van der Waals surface area contributed by atoms with Gasteiger partial charge in [-0.3, -0.25) is 4.68 Å². The van der Waals surface area contributed by atoms with Crippen LogP contribution in [0.3, 0.4) is 0 Å². The Balaban J connectivity index is 2.40. The first-order chi connectivity index (χ1) is 7.61. The van der Waals surface area contributed by atoms with Gasteiger partial charge in [-0.2, -0.15) is 5.10 Å². The second-order valence-electron chi connectivity index (χ2n) is 3.71. The first-order valence-electron chi connectivity index (χ1n) is 5.04. The molecule has 0 bridgehead atoms. The van der Waals surface area contributed by atoms with Gasteiger partial charge in [-0.15, -0.1) is 11.3 Å². The monoisotopic (exact) mass is 255 g/mol. The third kappa shape index (κ3) is 2.14. The van der Waals surface area contributed by atoms with Crippen molar-refractivity contribution in [3.8, 4) is 0 Å². The van der Waals surface area contributed by atoms with Gasteiger partial charge in [-0.05, 0) is 26.1 Å². The van der Waals surface area contributed by atoms with Gasteiger partial charge in [0.25, 0.3) is 0 Å². The first kappa shape index (κ1) is 11.6. The molecule has 1 N–H and O–H groups in total. The Hall–Kier alpha value is -0.840. The number of rotatable bonds is 3. The van der Waals surface area contributed by atoms with Crippen LogP contribution in [0.15, 0.2) is 18.3 Å². The average molecular weight is 256 g/mol. The van der Waals surface area contributed by atoms with Crippen molar-refractivity contribution >= 4 is 22.9 Å². The number of hydrogen-bond donors (Lipinski definition) is 1. The van der Waals surface area contributed by atoms with Gasteiger partial charge in [0.2, 0.25) is 0 Å². The summed E-state index contributed by atoms with van der Waals surface area (Å²) >= 11 is 7.56. The highest BCUT2D eigenvalue weighted by molar-refractivity contribution is 7.16. The van der Waals surface area contributed by atoms with Crippen LogP contribution in [0.5, 0.6) is 0 Å². The van der Waals surface area contributed by atoms with Crippen LogP contribution in [0.25, 0.3) is 0 Å². The summed E-state index contributed by atoms with van der Waals surface area (Å²) < 4.78 is 2.65. The van der Waals surface area contributed by atoms with Crippen LogP contribution in [-0.4, -0.2) is 16.8 Å². The highest BCUT2D eigenvalue weighted by Crippen LogP contribution is 2.31. The van der Waals surface area contributed by atoms with Gasteiger partial charge in [0, 0.05) is 23.7 Å². The number of aryl methyl sites for hydroxylation is 2. The van der Waals surface area contributed by atoms with E-state index in [0.717, 1.165) is 10.0 Å². The van der Waals surface area contributed by atoms with Crippen molar-refractivity contribution in [2.45, 2.75) is 13.0 Å². The molecule has 0 amide bonds. The van der Waals surface area contributed by atoms with Crippen molar-refractivity contribution in [3.05, 3.63) is 38.8 Å². The zero-order chi connectivity index (χ0) is 11.7. The van der Waals surface area contributed by atoms with Crippen molar-refractivity contribution in [3.63, 3.8) is 0 Å². The van der Waals surface area contributed by atoms with Gasteiger partial charge in [0.1, 0.15) is 0 Å². The molecule has 16 heavy (non-hydrogen) atoms. The van der Waals surface area contributed by atoms with Crippen molar-refractivity contribution in [1.82, 2.24) is 15.1 Å². The van der Waals surface area contributed by atoms with Crippen molar-refractivity contribution in [2.75, 3.05) is 7.05 Å². The molecule has 5 heteroatoms. The first-order valence-corrected chi connectivity index (χ1v) is 6.24. The van der Waals surface area contributed by atoms with E-state index in [1.807, 2.05) is 38.0 Å². The molecule has 0 aliphatic heterocycles. The van der Waals surface area contributed by atoms with Crippen LogP contribution in [0.1, 0.15) is 22.2 Å². The number of nitrogens with one attached hydrogen (secondary N) is 1. The van der Waals surface area contributed by atoms with Gasteiger partial charge in [0.15, 0.2) is 0 Å². The van der Waals surface area contributed by atoms with E-state index in [-0.39, 0.29) is 6.04 Å². The van der Waals surface area contributed by atoms with Crippen LogP contribution in [0, 0.1) is 6.92 Å². The third-order valence-electron chi connectivity index (χ3n) is 2.53. The summed E-state index contributed by atoms with van der Waals surface area (Å²) in [4.78, 5) is 1.21. The molecular formula is C11H14ClN3S. The van der Waals surface area contributed by atoms with E-state index in [1.54, 1.807) is 11.3 Å². The molecule has 0 saturated heterocycles. The molecule has 0 aromatic carbocycles. The average Bonchev–Trinajstić information content (AvgIpc) is 2.76. The third-order valence-corrected chi connectivity index (χ3v) is 3.83. The standard InChI is InChI=1S/C11H14ClN3S/c1-7-8(6-15(3)14-7)11(13-2)9-4-5-10(12)16-9/h4-6,11,13H,1-3H3. The fourth-order valence-electron chi connectivity index (χ4n) is 1.84. The summed E-state index contributed by atoms with van der Waals surface area (Å²) in [5.41, 5.74) is 2.25. The van der Waals surface area contributed by atoms with Gasteiger partial charge in [-0.25, -0.2) is 0 Å². The van der Waals surface area contributed by atoms with E-state index in [9.17, 15) is 0 Å². The maximum absolute atomic E-state index is 5.96. The topological polar surface area (TPSA) is 29.9 Å². The Kier molecular flexibility index (Phi) is 3.33. The van der Waals surface area contributed by atoms with Crippen LogP contribution < -0.4 is 5.32 Å². The lowest BCUT2D eigenvalue weighted by Gasteiger charge is -2.13. The number of nitrogens with zero attached hydrogens (tertiary/aromatic N) is 2. The van der Waals surface area contributed by atoms with E-state index in [1.165, 1.54) is 10.4 Å². The zero-order valence-corrected chi connectivity index (χ0v) is 11.1. The normalized spacial score (nSPS) is 13.0. The largest absolute Gasteiger partial charge is 0.309 e. The highest BCUT2D eigenvalue weighted by Gasteiger charge is 2.18. The molecule has 2 heterocycles. The molecule has 0 aliphatic carbocycles. The second-order valence-corrected chi connectivity index (χ2v) is 5.45. The van der Waals surface area contributed by atoms with Crippen molar-refractivity contribution < 1.29 is 0 Å². The maximum Gasteiger partial charge on any atom is 0.0931 e. The lowest BCUT2D eigenvalue weighted by atomic mass is 10.1. The molecule has 0 fully saturated rings. The molecule has 0 radical (unpaired) electrons. The SMILES string of the molecule is CNC(c1ccc(Cl)s1)c1cn(C)nc1C. The molecule has 86 valence electrons.